The number of benzene rings is 1. The third kappa shape index (κ3) is 5.31. The lowest BCUT2D eigenvalue weighted by Crippen LogP contribution is -2.43. The number of hydrogen-bond acceptors (Lipinski definition) is 5. The maximum Gasteiger partial charge on any atom is 0.290 e. The number of aromatic nitrogens is 3. The summed E-state index contributed by atoms with van der Waals surface area (Å²) < 4.78 is 2.08. The molecular formula is C20H29N5O3. The average Bonchev–Trinajstić information content (AvgIpc) is 3.08. The normalized spacial score (nSPS) is 15.6. The molecule has 1 atom stereocenters. The van der Waals surface area contributed by atoms with Crippen molar-refractivity contribution in [3.8, 4) is 0 Å². The van der Waals surface area contributed by atoms with Gasteiger partial charge in [-0.1, -0.05) is 32.0 Å². The molecular weight excluding hydrogens is 358 g/mol. The van der Waals surface area contributed by atoms with Gasteiger partial charge in [0.1, 0.15) is 11.9 Å². The standard InChI is InChI=1S/C19H27N5O.CH2O2/c1-4-23-13-18-22-21-17(10-11-20-15-8-6-5-7-9-15)24(18)16(19(23)25)12-14(2)3;2-1-3/h5-9,14,16,20H,4,10-13H2,1-3H3;1H,(H,2,3)/t16-;/m0./s1. The van der Waals surface area contributed by atoms with E-state index in [0.717, 1.165) is 36.7 Å². The number of hydrogen-bond donors (Lipinski definition) is 2. The molecule has 0 bridgehead atoms. The van der Waals surface area contributed by atoms with Crippen molar-refractivity contribution in [1.29, 1.82) is 0 Å². The average molecular weight is 387 g/mol. The Balaban J connectivity index is 0.000000878. The third-order valence-electron chi connectivity index (χ3n) is 4.61. The second kappa shape index (κ2) is 10.4. The Bertz CT molecular complexity index is 760. The molecule has 2 aromatic rings. The van der Waals surface area contributed by atoms with E-state index in [1.54, 1.807) is 0 Å². The summed E-state index contributed by atoms with van der Waals surface area (Å²) >= 11 is 0. The Kier molecular flexibility index (Phi) is 7.98. The van der Waals surface area contributed by atoms with Crippen LogP contribution < -0.4 is 5.32 Å². The summed E-state index contributed by atoms with van der Waals surface area (Å²) in [6.07, 6.45) is 1.56. The van der Waals surface area contributed by atoms with Crippen LogP contribution in [0.15, 0.2) is 30.3 Å². The minimum Gasteiger partial charge on any atom is -0.483 e. The van der Waals surface area contributed by atoms with Crippen LogP contribution in [0.4, 0.5) is 5.69 Å². The zero-order valence-electron chi connectivity index (χ0n) is 16.7. The highest BCUT2D eigenvalue weighted by Crippen LogP contribution is 2.28. The fourth-order valence-corrected chi connectivity index (χ4v) is 3.36. The van der Waals surface area contributed by atoms with Gasteiger partial charge in [0.15, 0.2) is 5.82 Å². The van der Waals surface area contributed by atoms with E-state index in [1.165, 1.54) is 0 Å². The van der Waals surface area contributed by atoms with Gasteiger partial charge >= 0.3 is 0 Å². The lowest BCUT2D eigenvalue weighted by atomic mass is 10.0. The maximum atomic E-state index is 12.8. The van der Waals surface area contributed by atoms with Crippen LogP contribution in [0, 0.1) is 5.92 Å². The monoisotopic (exact) mass is 387 g/mol. The van der Waals surface area contributed by atoms with Crippen LogP contribution in [-0.2, 0) is 22.6 Å². The predicted molar refractivity (Wildman–Crippen MR) is 107 cm³/mol. The number of nitrogens with zero attached hydrogens (tertiary/aromatic N) is 4. The lowest BCUT2D eigenvalue weighted by Gasteiger charge is -2.34. The van der Waals surface area contributed by atoms with E-state index in [9.17, 15) is 4.79 Å². The van der Waals surface area contributed by atoms with Crippen LogP contribution in [0.2, 0.25) is 0 Å². The first kappa shape index (κ1) is 21.4. The van der Waals surface area contributed by atoms with Crippen molar-refractivity contribution in [1.82, 2.24) is 19.7 Å². The maximum absolute atomic E-state index is 12.8. The minimum atomic E-state index is -0.250. The number of carboxylic acid groups (broad SMARTS) is 1. The van der Waals surface area contributed by atoms with Crippen molar-refractivity contribution in [2.24, 2.45) is 5.92 Å². The van der Waals surface area contributed by atoms with E-state index in [2.05, 4.69) is 33.9 Å². The van der Waals surface area contributed by atoms with E-state index in [-0.39, 0.29) is 18.4 Å². The zero-order chi connectivity index (χ0) is 20.5. The van der Waals surface area contributed by atoms with Gasteiger partial charge in [0.25, 0.3) is 6.47 Å². The topological polar surface area (TPSA) is 100 Å². The Morgan fingerprint density at radius 1 is 1.29 bits per heavy atom. The van der Waals surface area contributed by atoms with Crippen LogP contribution >= 0.6 is 0 Å². The third-order valence-corrected chi connectivity index (χ3v) is 4.61. The molecule has 0 fully saturated rings. The van der Waals surface area contributed by atoms with Gasteiger partial charge in [0.05, 0.1) is 6.54 Å². The summed E-state index contributed by atoms with van der Waals surface area (Å²) in [6, 6.07) is 9.94. The van der Waals surface area contributed by atoms with Gasteiger partial charge in [-0.2, -0.15) is 0 Å². The number of para-hydroxylation sites is 1. The van der Waals surface area contributed by atoms with Gasteiger partial charge in [-0.25, -0.2) is 0 Å². The van der Waals surface area contributed by atoms with Gasteiger partial charge in [0.2, 0.25) is 5.91 Å². The minimum absolute atomic E-state index is 0.176. The number of carbonyl (C=O) groups is 2. The molecule has 28 heavy (non-hydrogen) atoms. The van der Waals surface area contributed by atoms with E-state index in [4.69, 9.17) is 9.90 Å². The van der Waals surface area contributed by atoms with Crippen molar-refractivity contribution in [2.75, 3.05) is 18.4 Å². The van der Waals surface area contributed by atoms with Crippen molar-refractivity contribution in [3.63, 3.8) is 0 Å². The van der Waals surface area contributed by atoms with Gasteiger partial charge in [-0.05, 0) is 31.4 Å². The Morgan fingerprint density at radius 2 is 1.96 bits per heavy atom. The number of fused-ring (bicyclic) bond motifs is 1. The molecule has 1 aliphatic heterocycles. The van der Waals surface area contributed by atoms with Gasteiger partial charge in [0, 0.05) is 25.2 Å². The van der Waals surface area contributed by atoms with E-state index in [1.807, 2.05) is 42.2 Å². The largest absolute Gasteiger partial charge is 0.483 e. The Labute approximate surface area is 165 Å². The molecule has 0 aliphatic carbocycles. The fourth-order valence-electron chi connectivity index (χ4n) is 3.36. The fraction of sp³-hybridized carbons (Fsp3) is 0.500. The molecule has 2 heterocycles. The van der Waals surface area contributed by atoms with Crippen LogP contribution in [-0.4, -0.2) is 50.2 Å². The van der Waals surface area contributed by atoms with Crippen molar-refractivity contribution < 1.29 is 14.7 Å². The second-order valence-corrected chi connectivity index (χ2v) is 7.05. The summed E-state index contributed by atoms with van der Waals surface area (Å²) in [4.78, 5) is 23.1. The smallest absolute Gasteiger partial charge is 0.290 e. The molecule has 8 nitrogen and oxygen atoms in total. The molecule has 3 rings (SSSR count). The van der Waals surface area contributed by atoms with Crippen LogP contribution in [0.1, 0.15) is 44.9 Å². The molecule has 1 aliphatic rings. The summed E-state index contributed by atoms with van der Waals surface area (Å²) in [5.41, 5.74) is 1.09. The Morgan fingerprint density at radius 3 is 2.57 bits per heavy atom. The molecule has 0 radical (unpaired) electrons. The highest BCUT2D eigenvalue weighted by Gasteiger charge is 2.35. The van der Waals surface area contributed by atoms with Crippen LogP contribution in [0.5, 0.6) is 0 Å². The number of rotatable bonds is 7. The van der Waals surface area contributed by atoms with Crippen molar-refractivity contribution in [3.05, 3.63) is 42.0 Å². The van der Waals surface area contributed by atoms with E-state index in [0.29, 0.717) is 19.0 Å². The summed E-state index contributed by atoms with van der Waals surface area (Å²) in [5.74, 6) is 2.44. The molecule has 1 aromatic carbocycles. The number of likely N-dealkylation sites (N-methyl/N-ethyl adjacent to an activating group) is 1. The number of amides is 1. The molecule has 0 spiro atoms. The highest BCUT2D eigenvalue weighted by atomic mass is 16.3. The van der Waals surface area contributed by atoms with Gasteiger partial charge < -0.3 is 19.9 Å². The molecule has 1 aromatic heterocycles. The summed E-state index contributed by atoms with van der Waals surface area (Å²) in [5, 5.41) is 19.0. The van der Waals surface area contributed by atoms with E-state index >= 15 is 0 Å². The van der Waals surface area contributed by atoms with Crippen LogP contribution in [0.3, 0.4) is 0 Å². The number of carbonyl (C=O) groups excluding carboxylic acids is 1. The quantitative estimate of drug-likeness (QED) is 0.708. The van der Waals surface area contributed by atoms with Crippen LogP contribution in [0.25, 0.3) is 0 Å². The van der Waals surface area contributed by atoms with Gasteiger partial charge in [-0.3, -0.25) is 9.59 Å². The summed E-state index contributed by atoms with van der Waals surface area (Å²) in [7, 11) is 0. The SMILES string of the molecule is CCN1Cc2nnc(CCNc3ccccc3)n2[C@@H](CC(C)C)C1=O.O=CO. The summed E-state index contributed by atoms with van der Waals surface area (Å²) in [6.45, 7) is 8.11. The zero-order valence-corrected chi connectivity index (χ0v) is 16.7. The molecule has 2 N–H and O–H groups in total. The van der Waals surface area contributed by atoms with Crippen molar-refractivity contribution >= 4 is 18.1 Å². The molecule has 0 saturated carbocycles. The van der Waals surface area contributed by atoms with E-state index < -0.39 is 0 Å². The van der Waals surface area contributed by atoms with Gasteiger partial charge in [-0.15, -0.1) is 10.2 Å². The number of nitrogens with one attached hydrogen (secondary N) is 1. The lowest BCUT2D eigenvalue weighted by molar-refractivity contribution is -0.138. The Hall–Kier alpha value is -2.90. The molecule has 152 valence electrons. The first-order valence-corrected chi connectivity index (χ1v) is 9.60. The number of anilines is 1. The molecule has 0 unspecified atom stereocenters. The highest BCUT2D eigenvalue weighted by molar-refractivity contribution is 5.81. The molecule has 8 heteroatoms. The molecule has 0 saturated heterocycles. The second-order valence-electron chi connectivity index (χ2n) is 7.05. The van der Waals surface area contributed by atoms with Crippen molar-refractivity contribution in [2.45, 2.75) is 46.2 Å². The first-order valence-electron chi connectivity index (χ1n) is 9.60. The molecule has 1 amide bonds. The first-order chi connectivity index (χ1) is 13.5. The predicted octanol–water partition coefficient (Wildman–Crippen LogP) is 2.58.